The number of fused-ring (bicyclic) bond motifs is 1. The lowest BCUT2D eigenvalue weighted by Crippen LogP contribution is -2.16. The fourth-order valence-electron chi connectivity index (χ4n) is 4.69. The van der Waals surface area contributed by atoms with Gasteiger partial charge < -0.3 is 10.6 Å². The van der Waals surface area contributed by atoms with Gasteiger partial charge in [-0.3, -0.25) is 9.59 Å². The van der Waals surface area contributed by atoms with Crippen LogP contribution in [-0.2, 0) is 9.59 Å². The van der Waals surface area contributed by atoms with Gasteiger partial charge in [0, 0.05) is 34.0 Å². The first-order valence-corrected chi connectivity index (χ1v) is 11.8. The van der Waals surface area contributed by atoms with Crippen molar-refractivity contribution in [2.45, 2.75) is 65.2 Å². The van der Waals surface area contributed by atoms with Crippen LogP contribution in [0.25, 0.3) is 10.8 Å². The second-order valence-electron chi connectivity index (χ2n) is 9.17. The van der Waals surface area contributed by atoms with Crippen molar-refractivity contribution in [2.75, 3.05) is 10.6 Å². The predicted molar refractivity (Wildman–Crippen MR) is 123 cm³/mol. The number of hydrogen-bond donors (Lipinski definition) is 2. The molecular formula is C26H34N2O2. The molecule has 0 bridgehead atoms. The van der Waals surface area contributed by atoms with Gasteiger partial charge in [0.2, 0.25) is 11.8 Å². The van der Waals surface area contributed by atoms with Crippen LogP contribution >= 0.6 is 0 Å². The van der Waals surface area contributed by atoms with Crippen molar-refractivity contribution in [1.29, 1.82) is 0 Å². The van der Waals surface area contributed by atoms with E-state index in [-0.39, 0.29) is 23.7 Å². The molecule has 4 rings (SSSR count). The molecule has 4 nitrogen and oxygen atoms in total. The van der Waals surface area contributed by atoms with Gasteiger partial charge in [0.05, 0.1) is 0 Å². The normalized spacial score (nSPS) is 24.5. The summed E-state index contributed by atoms with van der Waals surface area (Å²) in [5, 5.41) is 8.25. The summed E-state index contributed by atoms with van der Waals surface area (Å²) in [6, 6.07) is 11.9. The van der Waals surface area contributed by atoms with E-state index in [2.05, 4.69) is 24.5 Å². The monoisotopic (exact) mass is 406 g/mol. The lowest BCUT2D eigenvalue weighted by molar-refractivity contribution is -0.118. The number of carbonyl (C=O) groups is 2. The zero-order valence-corrected chi connectivity index (χ0v) is 18.2. The molecule has 2 fully saturated rings. The van der Waals surface area contributed by atoms with Gasteiger partial charge in [0.15, 0.2) is 0 Å². The summed E-state index contributed by atoms with van der Waals surface area (Å²) in [4.78, 5) is 25.4. The van der Waals surface area contributed by atoms with E-state index in [0.29, 0.717) is 11.8 Å². The maximum absolute atomic E-state index is 12.7. The predicted octanol–water partition coefficient (Wildman–Crippen LogP) is 6.37. The highest BCUT2D eigenvalue weighted by Gasteiger charge is 2.43. The van der Waals surface area contributed by atoms with E-state index in [9.17, 15) is 9.59 Å². The van der Waals surface area contributed by atoms with Gasteiger partial charge in [-0.05, 0) is 49.7 Å². The Morgan fingerprint density at radius 2 is 1.20 bits per heavy atom. The van der Waals surface area contributed by atoms with Gasteiger partial charge in [-0.25, -0.2) is 0 Å². The topological polar surface area (TPSA) is 58.2 Å². The first-order chi connectivity index (χ1) is 14.6. The first-order valence-electron chi connectivity index (χ1n) is 11.8. The molecule has 2 saturated carbocycles. The number of rotatable bonds is 10. The summed E-state index contributed by atoms with van der Waals surface area (Å²) < 4.78 is 0. The summed E-state index contributed by atoms with van der Waals surface area (Å²) in [5.74, 6) is 1.68. The van der Waals surface area contributed by atoms with Crippen LogP contribution in [0.15, 0.2) is 36.4 Å². The average Bonchev–Trinajstić information content (AvgIpc) is 3.66. The molecule has 0 radical (unpaired) electrons. The average molecular weight is 407 g/mol. The van der Waals surface area contributed by atoms with Crippen molar-refractivity contribution in [3.63, 3.8) is 0 Å². The third kappa shape index (κ3) is 4.69. The van der Waals surface area contributed by atoms with Crippen molar-refractivity contribution in [3.05, 3.63) is 36.4 Å². The van der Waals surface area contributed by atoms with Crippen molar-refractivity contribution >= 4 is 34.0 Å². The van der Waals surface area contributed by atoms with Crippen LogP contribution in [0.5, 0.6) is 0 Å². The Hall–Kier alpha value is -2.36. The second-order valence-corrected chi connectivity index (χ2v) is 9.17. The number of unbranched alkanes of at least 4 members (excludes halogenated alkanes) is 2. The SMILES string of the molecule is CCCCC1CC1C(=O)Nc1cccc2c(NC(=O)C3CC3CCCC)cccc12. The molecule has 160 valence electrons. The van der Waals surface area contributed by atoms with Crippen molar-refractivity contribution in [1.82, 2.24) is 0 Å². The standard InChI is InChI=1S/C26H34N2O2/c1-3-5-9-17-15-21(17)25(29)27-23-13-7-12-20-19(23)11-8-14-24(20)28-26(30)22-16-18(22)10-6-4-2/h7-8,11-14,17-18,21-22H,3-6,9-10,15-16H2,1-2H3,(H,27,29)(H,28,30). The number of carbonyl (C=O) groups excluding carboxylic acids is 2. The molecule has 4 heteroatoms. The Bertz CT molecular complexity index is 847. The molecule has 4 atom stereocenters. The van der Waals surface area contributed by atoms with Crippen LogP contribution in [0.1, 0.15) is 65.2 Å². The van der Waals surface area contributed by atoms with Crippen LogP contribution in [0.3, 0.4) is 0 Å². The Morgan fingerprint density at radius 1 is 0.767 bits per heavy atom. The van der Waals surface area contributed by atoms with Crippen molar-refractivity contribution < 1.29 is 9.59 Å². The van der Waals surface area contributed by atoms with E-state index >= 15 is 0 Å². The lowest BCUT2D eigenvalue weighted by atomic mass is 10.1. The highest BCUT2D eigenvalue weighted by molar-refractivity contribution is 6.10. The molecular weight excluding hydrogens is 372 g/mol. The molecule has 2 aromatic carbocycles. The largest absolute Gasteiger partial charge is 0.325 e. The number of anilines is 2. The lowest BCUT2D eigenvalue weighted by Gasteiger charge is -2.13. The Balaban J connectivity index is 1.43. The highest BCUT2D eigenvalue weighted by atomic mass is 16.2. The van der Waals surface area contributed by atoms with E-state index in [4.69, 9.17) is 0 Å². The molecule has 30 heavy (non-hydrogen) atoms. The smallest absolute Gasteiger partial charge is 0.227 e. The molecule has 0 aliphatic heterocycles. The summed E-state index contributed by atoms with van der Waals surface area (Å²) >= 11 is 0. The van der Waals surface area contributed by atoms with E-state index in [1.54, 1.807) is 0 Å². The van der Waals surface area contributed by atoms with Gasteiger partial charge in [-0.2, -0.15) is 0 Å². The molecule has 2 aromatic rings. The van der Waals surface area contributed by atoms with Gasteiger partial charge in [0.1, 0.15) is 0 Å². The Labute approximate surface area is 179 Å². The number of benzene rings is 2. The molecule has 0 saturated heterocycles. The molecule has 0 heterocycles. The molecule has 2 aliphatic rings. The summed E-state index contributed by atoms with van der Waals surface area (Å²) in [6.45, 7) is 4.39. The van der Waals surface area contributed by atoms with E-state index in [1.165, 1.54) is 25.7 Å². The molecule has 4 unspecified atom stereocenters. The number of nitrogens with one attached hydrogen (secondary N) is 2. The Morgan fingerprint density at radius 3 is 1.60 bits per heavy atom. The van der Waals surface area contributed by atoms with Crippen molar-refractivity contribution in [3.8, 4) is 0 Å². The van der Waals surface area contributed by atoms with Gasteiger partial charge >= 0.3 is 0 Å². The number of amides is 2. The molecule has 2 amide bonds. The van der Waals surface area contributed by atoms with Crippen LogP contribution in [-0.4, -0.2) is 11.8 Å². The minimum atomic E-state index is 0.134. The summed E-state index contributed by atoms with van der Waals surface area (Å²) in [6.07, 6.45) is 9.10. The minimum Gasteiger partial charge on any atom is -0.325 e. The fourth-order valence-corrected chi connectivity index (χ4v) is 4.69. The quantitative estimate of drug-likeness (QED) is 0.482. The van der Waals surface area contributed by atoms with Crippen LogP contribution in [0.4, 0.5) is 11.4 Å². The highest BCUT2D eigenvalue weighted by Crippen LogP contribution is 2.44. The van der Waals surface area contributed by atoms with E-state index in [1.807, 2.05) is 36.4 Å². The summed E-state index contributed by atoms with van der Waals surface area (Å²) in [7, 11) is 0. The molecule has 2 aliphatic carbocycles. The molecule has 2 N–H and O–H groups in total. The maximum atomic E-state index is 12.7. The molecule has 0 spiro atoms. The van der Waals surface area contributed by atoms with Crippen LogP contribution < -0.4 is 10.6 Å². The van der Waals surface area contributed by atoms with E-state index in [0.717, 1.165) is 47.8 Å². The van der Waals surface area contributed by atoms with Crippen molar-refractivity contribution in [2.24, 2.45) is 23.7 Å². The Kier molecular flexibility index (Phi) is 6.40. The van der Waals surface area contributed by atoms with E-state index < -0.39 is 0 Å². The van der Waals surface area contributed by atoms with Gasteiger partial charge in [-0.1, -0.05) is 63.8 Å². The third-order valence-corrected chi connectivity index (χ3v) is 6.81. The maximum Gasteiger partial charge on any atom is 0.227 e. The fraction of sp³-hybridized carbons (Fsp3) is 0.538. The first kappa shape index (κ1) is 20.9. The van der Waals surface area contributed by atoms with Gasteiger partial charge in [0.25, 0.3) is 0 Å². The zero-order chi connectivity index (χ0) is 21.1. The minimum absolute atomic E-state index is 0.134. The second kappa shape index (κ2) is 9.20. The number of hydrogen-bond acceptors (Lipinski definition) is 2. The van der Waals surface area contributed by atoms with Crippen LogP contribution in [0.2, 0.25) is 0 Å². The summed E-state index contributed by atoms with van der Waals surface area (Å²) in [5.41, 5.74) is 1.67. The van der Waals surface area contributed by atoms with Crippen LogP contribution in [0, 0.1) is 23.7 Å². The van der Waals surface area contributed by atoms with Gasteiger partial charge in [-0.15, -0.1) is 0 Å². The third-order valence-electron chi connectivity index (χ3n) is 6.81. The molecule has 0 aromatic heterocycles. The zero-order valence-electron chi connectivity index (χ0n) is 18.2.